The molecule has 0 saturated heterocycles. The summed E-state index contributed by atoms with van der Waals surface area (Å²) >= 11 is 0. The number of halogens is 1. The molecule has 4 nitrogen and oxygen atoms in total. The number of carbonyl (C=O) groups is 1. The van der Waals surface area contributed by atoms with Crippen molar-refractivity contribution in [1.82, 2.24) is 10.2 Å². The van der Waals surface area contributed by atoms with Crippen molar-refractivity contribution in [1.29, 1.82) is 0 Å². The van der Waals surface area contributed by atoms with Gasteiger partial charge in [-0.25, -0.2) is 0 Å². The van der Waals surface area contributed by atoms with E-state index in [1.54, 1.807) is 0 Å². The summed E-state index contributed by atoms with van der Waals surface area (Å²) in [6.07, 6.45) is 2.13. The first-order valence-electron chi connectivity index (χ1n) is 4.50. The maximum absolute atomic E-state index is 12.9. The van der Waals surface area contributed by atoms with E-state index in [4.69, 9.17) is 0 Å². The molecular weight excluding hydrogens is 185 g/mol. The van der Waals surface area contributed by atoms with Gasteiger partial charge in [0.05, 0.1) is 6.20 Å². The Morgan fingerprint density at radius 2 is 2.43 bits per heavy atom. The second kappa shape index (κ2) is 2.80. The van der Waals surface area contributed by atoms with Crippen LogP contribution in [-0.4, -0.2) is 16.1 Å². The second-order valence-corrected chi connectivity index (χ2v) is 4.33. The van der Waals surface area contributed by atoms with Crippen LogP contribution in [-0.2, 0) is 4.79 Å². The number of nitrogens with zero attached hydrogens (tertiary/aromatic N) is 1. The third-order valence-electron chi connectivity index (χ3n) is 2.68. The number of hydrogen-bond donors (Lipinski definition) is 2. The summed E-state index contributed by atoms with van der Waals surface area (Å²) in [6, 6.07) is 0. The summed E-state index contributed by atoms with van der Waals surface area (Å²) in [6.45, 7) is 4.03. The van der Waals surface area contributed by atoms with Gasteiger partial charge in [-0.1, -0.05) is 13.8 Å². The van der Waals surface area contributed by atoms with Crippen molar-refractivity contribution in [3.8, 4) is 0 Å². The minimum absolute atomic E-state index is 0.00296. The number of aromatic amines is 1. The summed E-state index contributed by atoms with van der Waals surface area (Å²) in [5, 5.41) is 8.10. The fourth-order valence-corrected chi connectivity index (χ4v) is 1.49. The maximum atomic E-state index is 12.9. The predicted octanol–water partition coefficient (Wildman–Crippen LogP) is 1.53. The fraction of sp³-hybridized carbons (Fsp3) is 0.556. The van der Waals surface area contributed by atoms with Gasteiger partial charge in [-0.2, -0.15) is 9.49 Å². The SMILES string of the molecule is CC1(C)CC1C(=O)Nc1cn[nH]c1F. The molecule has 0 radical (unpaired) electrons. The van der Waals surface area contributed by atoms with E-state index >= 15 is 0 Å². The first-order valence-corrected chi connectivity index (χ1v) is 4.50. The van der Waals surface area contributed by atoms with E-state index in [1.165, 1.54) is 6.20 Å². The Morgan fingerprint density at radius 3 is 2.86 bits per heavy atom. The van der Waals surface area contributed by atoms with Gasteiger partial charge < -0.3 is 5.32 Å². The number of aromatic nitrogens is 2. The number of anilines is 1. The number of amides is 1. The fourth-order valence-electron chi connectivity index (χ4n) is 1.49. The molecule has 14 heavy (non-hydrogen) atoms. The molecule has 0 spiro atoms. The van der Waals surface area contributed by atoms with Crippen LogP contribution in [0.3, 0.4) is 0 Å². The van der Waals surface area contributed by atoms with Crippen molar-refractivity contribution in [2.75, 3.05) is 5.32 Å². The lowest BCUT2D eigenvalue weighted by molar-refractivity contribution is -0.118. The van der Waals surface area contributed by atoms with Crippen LogP contribution in [0.1, 0.15) is 20.3 Å². The van der Waals surface area contributed by atoms with Crippen LogP contribution in [0.15, 0.2) is 6.20 Å². The highest BCUT2D eigenvalue weighted by Gasteiger charge is 2.50. The van der Waals surface area contributed by atoms with Crippen LogP contribution in [0, 0.1) is 17.3 Å². The summed E-state index contributed by atoms with van der Waals surface area (Å²) in [5.41, 5.74) is 0.183. The van der Waals surface area contributed by atoms with Gasteiger partial charge in [0.25, 0.3) is 0 Å². The Bertz CT molecular complexity index is 372. The molecule has 1 fully saturated rings. The zero-order chi connectivity index (χ0) is 10.3. The Balaban J connectivity index is 2.00. The molecule has 1 aliphatic rings. The first-order chi connectivity index (χ1) is 6.50. The third kappa shape index (κ3) is 1.49. The summed E-state index contributed by atoms with van der Waals surface area (Å²) in [4.78, 5) is 11.5. The molecule has 0 aromatic carbocycles. The molecule has 1 atom stereocenters. The van der Waals surface area contributed by atoms with Crippen molar-refractivity contribution in [3.63, 3.8) is 0 Å². The van der Waals surface area contributed by atoms with E-state index in [0.29, 0.717) is 0 Å². The van der Waals surface area contributed by atoms with Gasteiger partial charge in [-0.3, -0.25) is 9.89 Å². The molecule has 1 unspecified atom stereocenters. The summed E-state index contributed by atoms with van der Waals surface area (Å²) in [7, 11) is 0. The number of carbonyl (C=O) groups excluding carboxylic acids is 1. The highest BCUT2D eigenvalue weighted by Crippen LogP contribution is 2.51. The van der Waals surface area contributed by atoms with Gasteiger partial charge >= 0.3 is 0 Å². The molecule has 0 aliphatic heterocycles. The van der Waals surface area contributed by atoms with E-state index < -0.39 is 5.95 Å². The van der Waals surface area contributed by atoms with Crippen LogP contribution >= 0.6 is 0 Å². The largest absolute Gasteiger partial charge is 0.321 e. The van der Waals surface area contributed by atoms with Crippen LogP contribution in [0.4, 0.5) is 10.1 Å². The van der Waals surface area contributed by atoms with Crippen LogP contribution in [0.25, 0.3) is 0 Å². The van der Waals surface area contributed by atoms with Gasteiger partial charge in [0.1, 0.15) is 5.69 Å². The number of nitrogens with one attached hydrogen (secondary N) is 2. The van der Waals surface area contributed by atoms with Crippen molar-refractivity contribution in [3.05, 3.63) is 12.1 Å². The summed E-state index contributed by atoms with van der Waals surface area (Å²) < 4.78 is 12.9. The minimum Gasteiger partial charge on any atom is -0.321 e. The molecule has 76 valence electrons. The lowest BCUT2D eigenvalue weighted by Crippen LogP contribution is -2.16. The molecule has 2 rings (SSSR count). The Labute approximate surface area is 80.9 Å². The Morgan fingerprint density at radius 1 is 1.79 bits per heavy atom. The highest BCUT2D eigenvalue weighted by molar-refractivity contribution is 5.94. The molecule has 1 heterocycles. The van der Waals surface area contributed by atoms with Crippen LogP contribution in [0.5, 0.6) is 0 Å². The molecule has 1 amide bonds. The van der Waals surface area contributed by atoms with E-state index in [9.17, 15) is 9.18 Å². The third-order valence-corrected chi connectivity index (χ3v) is 2.68. The molecule has 5 heteroatoms. The molecule has 1 saturated carbocycles. The van der Waals surface area contributed by atoms with Gasteiger partial charge in [-0.05, 0) is 11.8 Å². The minimum atomic E-state index is -0.600. The van der Waals surface area contributed by atoms with E-state index in [-0.39, 0.29) is 22.9 Å². The highest BCUT2D eigenvalue weighted by atomic mass is 19.1. The molecule has 1 aromatic rings. The van der Waals surface area contributed by atoms with Crippen LogP contribution < -0.4 is 5.32 Å². The zero-order valence-electron chi connectivity index (χ0n) is 8.10. The van der Waals surface area contributed by atoms with Gasteiger partial charge in [0.2, 0.25) is 11.9 Å². The lowest BCUT2D eigenvalue weighted by atomic mass is 10.1. The second-order valence-electron chi connectivity index (χ2n) is 4.33. The molecular formula is C9H12FN3O. The quantitative estimate of drug-likeness (QED) is 0.755. The van der Waals surface area contributed by atoms with Gasteiger partial charge in [0.15, 0.2) is 0 Å². The molecule has 2 N–H and O–H groups in total. The molecule has 0 bridgehead atoms. The number of rotatable bonds is 2. The normalized spacial score (nSPS) is 23.2. The maximum Gasteiger partial charge on any atom is 0.232 e. The van der Waals surface area contributed by atoms with Crippen molar-refractivity contribution in [2.45, 2.75) is 20.3 Å². The standard InChI is InChI=1S/C9H12FN3O/c1-9(2)3-5(9)8(14)12-6-4-11-13-7(6)10/h4-5H,3H2,1-2H3,(H,11,13)(H,12,14). The van der Waals surface area contributed by atoms with Crippen molar-refractivity contribution >= 4 is 11.6 Å². The van der Waals surface area contributed by atoms with E-state index in [0.717, 1.165) is 6.42 Å². The lowest BCUT2D eigenvalue weighted by Gasteiger charge is -2.03. The Hall–Kier alpha value is -1.39. The summed E-state index contributed by atoms with van der Waals surface area (Å²) in [5.74, 6) is -0.732. The first kappa shape index (κ1) is 9.18. The van der Waals surface area contributed by atoms with E-state index in [2.05, 4.69) is 15.5 Å². The van der Waals surface area contributed by atoms with Crippen molar-refractivity contribution in [2.24, 2.45) is 11.3 Å². The smallest absolute Gasteiger partial charge is 0.232 e. The zero-order valence-corrected chi connectivity index (χ0v) is 8.10. The monoisotopic (exact) mass is 197 g/mol. The van der Waals surface area contributed by atoms with Gasteiger partial charge in [-0.15, -0.1) is 0 Å². The predicted molar refractivity (Wildman–Crippen MR) is 49.1 cm³/mol. The molecule has 1 aliphatic carbocycles. The number of H-pyrrole nitrogens is 1. The molecule has 1 aromatic heterocycles. The number of hydrogen-bond acceptors (Lipinski definition) is 2. The van der Waals surface area contributed by atoms with E-state index in [1.807, 2.05) is 13.8 Å². The average molecular weight is 197 g/mol. The van der Waals surface area contributed by atoms with Gasteiger partial charge in [0, 0.05) is 5.92 Å². The Kier molecular flexibility index (Phi) is 1.83. The van der Waals surface area contributed by atoms with Crippen molar-refractivity contribution < 1.29 is 9.18 Å². The average Bonchev–Trinajstić information content (AvgIpc) is 2.54. The topological polar surface area (TPSA) is 57.8 Å². The van der Waals surface area contributed by atoms with Crippen LogP contribution in [0.2, 0.25) is 0 Å².